The van der Waals surface area contributed by atoms with Crippen LogP contribution in [-0.2, 0) is 0 Å². The largest absolute Gasteiger partial charge is 0.389 e. The molecule has 0 fully saturated rings. The molecule has 1 N–H and O–H groups in total. The number of halogens is 6. The lowest BCUT2D eigenvalue weighted by molar-refractivity contribution is -0.135. The second-order valence-electron chi connectivity index (χ2n) is 4.42. The molecule has 114 valence electrons. The van der Waals surface area contributed by atoms with Crippen molar-refractivity contribution in [3.63, 3.8) is 0 Å². The average molecular weight is 299 g/mol. The Kier molecular flexibility index (Phi) is 5.86. The summed E-state index contributed by atoms with van der Waals surface area (Å²) in [5.74, 6) is -4.28. The summed E-state index contributed by atoms with van der Waals surface area (Å²) in [7, 11) is 0. The van der Waals surface area contributed by atoms with Gasteiger partial charge in [0.15, 0.2) is 17.5 Å². The van der Waals surface area contributed by atoms with E-state index in [9.17, 15) is 26.3 Å². The molecule has 1 aromatic carbocycles. The molecular weight excluding hydrogens is 284 g/mol. The summed E-state index contributed by atoms with van der Waals surface area (Å²) in [6, 6.07) is 0.963. The molecule has 0 spiro atoms. The summed E-state index contributed by atoms with van der Waals surface area (Å²) < 4.78 is 75.4. The minimum atomic E-state index is -4.27. The third-order valence-electron chi connectivity index (χ3n) is 2.81. The van der Waals surface area contributed by atoms with Crippen molar-refractivity contribution in [3.8, 4) is 0 Å². The highest BCUT2D eigenvalue weighted by molar-refractivity contribution is 5.22. The Labute approximate surface area is 113 Å². The van der Waals surface area contributed by atoms with E-state index in [1.165, 1.54) is 0 Å². The first-order chi connectivity index (χ1) is 9.24. The third kappa shape index (κ3) is 5.03. The van der Waals surface area contributed by atoms with Gasteiger partial charge < -0.3 is 5.32 Å². The molecule has 0 aromatic heterocycles. The van der Waals surface area contributed by atoms with E-state index in [-0.39, 0.29) is 18.4 Å². The van der Waals surface area contributed by atoms with E-state index < -0.39 is 36.1 Å². The Balaban J connectivity index is 2.80. The maximum Gasteiger partial charge on any atom is 0.389 e. The molecule has 1 rings (SSSR count). The Morgan fingerprint density at radius 2 is 1.65 bits per heavy atom. The lowest BCUT2D eigenvalue weighted by atomic mass is 10.00. The van der Waals surface area contributed by atoms with Gasteiger partial charge in [0.05, 0.1) is 0 Å². The van der Waals surface area contributed by atoms with Crippen molar-refractivity contribution in [2.75, 3.05) is 6.54 Å². The summed E-state index contributed by atoms with van der Waals surface area (Å²) in [5, 5.41) is 2.84. The molecule has 0 radical (unpaired) electrons. The van der Waals surface area contributed by atoms with Gasteiger partial charge in [0.1, 0.15) is 0 Å². The molecule has 0 saturated carbocycles. The van der Waals surface area contributed by atoms with Gasteiger partial charge in [-0.2, -0.15) is 13.2 Å². The van der Waals surface area contributed by atoms with Crippen LogP contribution in [-0.4, -0.2) is 12.7 Å². The van der Waals surface area contributed by atoms with Crippen LogP contribution in [0.4, 0.5) is 26.3 Å². The first-order valence-electron chi connectivity index (χ1n) is 6.19. The maximum atomic E-state index is 13.1. The van der Waals surface area contributed by atoms with E-state index in [2.05, 4.69) is 5.32 Å². The minimum absolute atomic E-state index is 0.0534. The highest BCUT2D eigenvalue weighted by Crippen LogP contribution is 2.27. The topological polar surface area (TPSA) is 12.0 Å². The smallest absolute Gasteiger partial charge is 0.310 e. The molecule has 1 aromatic rings. The summed E-state index contributed by atoms with van der Waals surface area (Å²) in [6.45, 7) is 2.13. The number of nitrogens with one attached hydrogen (secondary N) is 1. The van der Waals surface area contributed by atoms with Crippen LogP contribution in [0.25, 0.3) is 0 Å². The fourth-order valence-electron chi connectivity index (χ4n) is 1.92. The molecule has 0 saturated heterocycles. The van der Waals surface area contributed by atoms with Crippen molar-refractivity contribution >= 4 is 0 Å². The highest BCUT2D eigenvalue weighted by atomic mass is 19.4. The van der Waals surface area contributed by atoms with Crippen molar-refractivity contribution in [2.45, 2.75) is 38.4 Å². The Bertz CT molecular complexity index is 420. The predicted octanol–water partition coefficient (Wildman–Crippen LogP) is 4.49. The molecule has 0 amide bonds. The summed E-state index contributed by atoms with van der Waals surface area (Å²) >= 11 is 0. The monoisotopic (exact) mass is 299 g/mol. The van der Waals surface area contributed by atoms with Gasteiger partial charge >= 0.3 is 6.18 Å². The van der Waals surface area contributed by atoms with Crippen molar-refractivity contribution in [2.24, 2.45) is 0 Å². The average Bonchev–Trinajstić information content (AvgIpc) is 2.33. The second-order valence-corrected chi connectivity index (χ2v) is 4.42. The van der Waals surface area contributed by atoms with E-state index in [0.717, 1.165) is 12.1 Å². The van der Waals surface area contributed by atoms with Crippen LogP contribution >= 0.6 is 0 Å². The first kappa shape index (κ1) is 16.8. The lowest BCUT2D eigenvalue weighted by Gasteiger charge is -2.19. The molecule has 1 unspecified atom stereocenters. The predicted molar refractivity (Wildman–Crippen MR) is 62.6 cm³/mol. The van der Waals surface area contributed by atoms with Gasteiger partial charge in [-0.25, -0.2) is 13.2 Å². The number of rotatable bonds is 6. The van der Waals surface area contributed by atoms with E-state index in [1.54, 1.807) is 6.92 Å². The van der Waals surface area contributed by atoms with Gasteiger partial charge in [0.2, 0.25) is 0 Å². The quantitative estimate of drug-likeness (QED) is 0.603. The summed E-state index contributed by atoms with van der Waals surface area (Å²) in [4.78, 5) is 0. The van der Waals surface area contributed by atoms with Gasteiger partial charge in [-0.05, 0) is 37.1 Å². The Morgan fingerprint density at radius 1 is 1.10 bits per heavy atom. The van der Waals surface area contributed by atoms with Crippen LogP contribution < -0.4 is 5.32 Å². The van der Waals surface area contributed by atoms with Crippen LogP contribution in [0.1, 0.15) is 37.8 Å². The molecule has 0 bridgehead atoms. The standard InChI is InChI=1S/C13H15F6N/c1-2-20-11(4-3-5-13(17,18)19)8-6-9(14)12(16)10(15)7-8/h6-7,11,20H,2-5H2,1H3. The molecule has 0 aliphatic heterocycles. The second kappa shape index (κ2) is 6.97. The Hall–Kier alpha value is -1.24. The van der Waals surface area contributed by atoms with Gasteiger partial charge in [-0.3, -0.25) is 0 Å². The van der Waals surface area contributed by atoms with E-state index in [0.29, 0.717) is 6.54 Å². The van der Waals surface area contributed by atoms with Crippen LogP contribution in [0, 0.1) is 17.5 Å². The first-order valence-corrected chi connectivity index (χ1v) is 6.19. The van der Waals surface area contributed by atoms with E-state index in [4.69, 9.17) is 0 Å². The van der Waals surface area contributed by atoms with Crippen molar-refractivity contribution in [1.82, 2.24) is 5.32 Å². The van der Waals surface area contributed by atoms with Crippen LogP contribution in [0.2, 0.25) is 0 Å². The van der Waals surface area contributed by atoms with Crippen molar-refractivity contribution in [3.05, 3.63) is 35.1 Å². The fourth-order valence-corrected chi connectivity index (χ4v) is 1.92. The Morgan fingerprint density at radius 3 is 2.10 bits per heavy atom. The molecule has 7 heteroatoms. The normalized spacial score (nSPS) is 13.6. The van der Waals surface area contributed by atoms with Crippen LogP contribution in [0.15, 0.2) is 12.1 Å². The fraction of sp³-hybridized carbons (Fsp3) is 0.538. The molecule has 0 heterocycles. The van der Waals surface area contributed by atoms with Crippen molar-refractivity contribution < 1.29 is 26.3 Å². The molecule has 20 heavy (non-hydrogen) atoms. The number of hydrogen-bond acceptors (Lipinski definition) is 1. The molecular formula is C13H15F6N. The van der Waals surface area contributed by atoms with Crippen molar-refractivity contribution in [1.29, 1.82) is 0 Å². The van der Waals surface area contributed by atoms with E-state index >= 15 is 0 Å². The third-order valence-corrected chi connectivity index (χ3v) is 2.81. The SMILES string of the molecule is CCNC(CCCC(F)(F)F)c1cc(F)c(F)c(F)c1. The van der Waals surface area contributed by atoms with Gasteiger partial charge in [-0.1, -0.05) is 6.92 Å². The van der Waals surface area contributed by atoms with Crippen LogP contribution in [0.5, 0.6) is 0 Å². The van der Waals surface area contributed by atoms with Gasteiger partial charge in [0, 0.05) is 12.5 Å². The lowest BCUT2D eigenvalue weighted by Crippen LogP contribution is -2.22. The zero-order chi connectivity index (χ0) is 15.3. The highest BCUT2D eigenvalue weighted by Gasteiger charge is 2.27. The van der Waals surface area contributed by atoms with Gasteiger partial charge in [0.25, 0.3) is 0 Å². The zero-order valence-corrected chi connectivity index (χ0v) is 10.8. The number of benzene rings is 1. The minimum Gasteiger partial charge on any atom is -0.310 e. The summed E-state index contributed by atoms with van der Waals surface area (Å²) in [6.07, 6.45) is -5.36. The maximum absolute atomic E-state index is 13.1. The van der Waals surface area contributed by atoms with Crippen LogP contribution in [0.3, 0.4) is 0 Å². The molecule has 0 aliphatic rings. The molecule has 1 atom stereocenters. The number of hydrogen-bond donors (Lipinski definition) is 1. The molecule has 1 nitrogen and oxygen atoms in total. The number of alkyl halides is 3. The summed E-state index contributed by atoms with van der Waals surface area (Å²) in [5.41, 5.74) is 0.102. The molecule has 0 aliphatic carbocycles. The zero-order valence-electron chi connectivity index (χ0n) is 10.8. The van der Waals surface area contributed by atoms with Gasteiger partial charge in [-0.15, -0.1) is 0 Å². The van der Waals surface area contributed by atoms with E-state index in [1.807, 2.05) is 0 Å².